The van der Waals surface area contributed by atoms with Crippen LogP contribution in [0.25, 0.3) is 10.9 Å². The molecule has 0 spiro atoms. The fourth-order valence-electron chi connectivity index (χ4n) is 3.00. The second kappa shape index (κ2) is 9.52. The van der Waals surface area contributed by atoms with Gasteiger partial charge in [-0.15, -0.1) is 0 Å². The van der Waals surface area contributed by atoms with Crippen molar-refractivity contribution in [2.75, 3.05) is 20.8 Å². The van der Waals surface area contributed by atoms with Crippen molar-refractivity contribution in [3.8, 4) is 11.5 Å². The molecule has 1 heterocycles. The molecular formula is C23H24BrN3O5. The first-order valence-corrected chi connectivity index (χ1v) is 10.6. The number of halogens is 1. The maximum Gasteiger partial charge on any atom is 0.343 e. The summed E-state index contributed by atoms with van der Waals surface area (Å²) < 4.78 is 17.7. The molecule has 0 fully saturated rings. The summed E-state index contributed by atoms with van der Waals surface area (Å²) in [5, 5.41) is 4.90. The van der Waals surface area contributed by atoms with Gasteiger partial charge >= 0.3 is 5.97 Å². The summed E-state index contributed by atoms with van der Waals surface area (Å²) in [6, 6.07) is 10.6. The molecule has 2 aromatic carbocycles. The van der Waals surface area contributed by atoms with E-state index >= 15 is 0 Å². The monoisotopic (exact) mass is 501 g/mol. The number of ether oxygens (including phenoxy) is 3. The van der Waals surface area contributed by atoms with E-state index < -0.39 is 11.4 Å². The van der Waals surface area contributed by atoms with Gasteiger partial charge < -0.3 is 14.2 Å². The van der Waals surface area contributed by atoms with Crippen molar-refractivity contribution < 1.29 is 19.0 Å². The quantitative estimate of drug-likeness (QED) is 0.375. The predicted molar refractivity (Wildman–Crippen MR) is 126 cm³/mol. The highest BCUT2D eigenvalue weighted by molar-refractivity contribution is 9.10. The Kier molecular flexibility index (Phi) is 6.98. The molecule has 9 heteroatoms. The largest absolute Gasteiger partial charge is 0.493 e. The normalized spacial score (nSPS) is 11.7. The van der Waals surface area contributed by atoms with Crippen molar-refractivity contribution in [1.29, 1.82) is 0 Å². The van der Waals surface area contributed by atoms with E-state index in [1.54, 1.807) is 30.3 Å². The number of hydrogen-bond donors (Lipinski definition) is 0. The van der Waals surface area contributed by atoms with Crippen LogP contribution in [0.5, 0.6) is 11.5 Å². The number of hydrogen-bond acceptors (Lipinski definition) is 7. The van der Waals surface area contributed by atoms with Gasteiger partial charge in [-0.05, 0) is 30.3 Å². The third-order valence-electron chi connectivity index (χ3n) is 4.58. The standard InChI is InChI=1S/C23H24BrN3O5/c1-23(2,3)22-26-17-10-9-15(24)11-16(17)21(29)27(22)25-12-14-7-6-8-18(30-4)20(14)32-13-19(28)31-5/h6-12H,13H2,1-5H3. The average Bonchev–Trinajstić information content (AvgIpc) is 2.76. The van der Waals surface area contributed by atoms with E-state index in [-0.39, 0.29) is 12.2 Å². The number of nitrogens with zero attached hydrogens (tertiary/aromatic N) is 3. The van der Waals surface area contributed by atoms with E-state index in [1.807, 2.05) is 26.8 Å². The van der Waals surface area contributed by atoms with Crippen molar-refractivity contribution >= 4 is 39.0 Å². The molecule has 168 valence electrons. The molecule has 8 nitrogen and oxygen atoms in total. The van der Waals surface area contributed by atoms with Gasteiger partial charge in [-0.3, -0.25) is 4.79 Å². The minimum Gasteiger partial charge on any atom is -0.493 e. The summed E-state index contributed by atoms with van der Waals surface area (Å²) in [6.07, 6.45) is 1.48. The maximum atomic E-state index is 13.3. The zero-order valence-corrected chi connectivity index (χ0v) is 20.1. The lowest BCUT2D eigenvalue weighted by Gasteiger charge is -2.21. The van der Waals surface area contributed by atoms with Crippen LogP contribution < -0.4 is 15.0 Å². The number of fused-ring (bicyclic) bond motifs is 1. The Labute approximate surface area is 194 Å². The Hall–Kier alpha value is -3.20. The number of carbonyl (C=O) groups excluding carboxylic acids is 1. The Balaban J connectivity index is 2.15. The third kappa shape index (κ3) is 4.99. The molecule has 3 rings (SSSR count). The van der Waals surface area contributed by atoms with E-state index in [0.29, 0.717) is 33.8 Å². The lowest BCUT2D eigenvalue weighted by Crippen LogP contribution is -2.29. The first-order chi connectivity index (χ1) is 15.2. The van der Waals surface area contributed by atoms with Gasteiger partial charge in [0.05, 0.1) is 31.3 Å². The number of aromatic nitrogens is 2. The van der Waals surface area contributed by atoms with Gasteiger partial charge in [0.2, 0.25) is 0 Å². The van der Waals surface area contributed by atoms with E-state index in [4.69, 9.17) is 14.5 Å². The molecule has 0 amide bonds. The minimum absolute atomic E-state index is 0.294. The number of esters is 1. The van der Waals surface area contributed by atoms with Crippen LogP contribution in [0.2, 0.25) is 0 Å². The number of carbonyl (C=O) groups is 1. The van der Waals surface area contributed by atoms with Gasteiger partial charge in [0, 0.05) is 15.5 Å². The molecule has 0 N–H and O–H groups in total. The van der Waals surface area contributed by atoms with Crippen LogP contribution in [0.4, 0.5) is 0 Å². The van der Waals surface area contributed by atoms with Crippen LogP contribution in [-0.2, 0) is 14.9 Å². The zero-order chi connectivity index (χ0) is 23.5. The highest BCUT2D eigenvalue weighted by Gasteiger charge is 2.23. The molecule has 0 aliphatic carbocycles. The third-order valence-corrected chi connectivity index (χ3v) is 5.08. The molecule has 0 aliphatic heterocycles. The second-order valence-electron chi connectivity index (χ2n) is 7.95. The minimum atomic E-state index is -0.533. The highest BCUT2D eigenvalue weighted by atomic mass is 79.9. The summed E-state index contributed by atoms with van der Waals surface area (Å²) in [5.74, 6) is 0.704. The van der Waals surface area contributed by atoms with Crippen molar-refractivity contribution in [3.05, 3.63) is 62.6 Å². The van der Waals surface area contributed by atoms with Crippen LogP contribution in [0.15, 0.2) is 50.8 Å². The summed E-state index contributed by atoms with van der Waals surface area (Å²) in [5.41, 5.74) is 0.376. The van der Waals surface area contributed by atoms with Crippen LogP contribution in [0.3, 0.4) is 0 Å². The van der Waals surface area contributed by atoms with Crippen LogP contribution in [-0.4, -0.2) is 42.7 Å². The lowest BCUT2D eigenvalue weighted by molar-refractivity contribution is -0.142. The van der Waals surface area contributed by atoms with Gasteiger partial charge in [0.25, 0.3) is 5.56 Å². The molecule has 3 aromatic rings. The Morgan fingerprint density at radius 2 is 1.97 bits per heavy atom. The number of methoxy groups -OCH3 is 2. The molecular weight excluding hydrogens is 478 g/mol. The number of rotatable bonds is 6. The fourth-order valence-corrected chi connectivity index (χ4v) is 3.36. The Morgan fingerprint density at radius 1 is 1.22 bits per heavy atom. The zero-order valence-electron chi connectivity index (χ0n) is 18.5. The fraction of sp³-hybridized carbons (Fsp3) is 0.304. The smallest absolute Gasteiger partial charge is 0.343 e. The molecule has 32 heavy (non-hydrogen) atoms. The molecule has 0 saturated heterocycles. The molecule has 0 bridgehead atoms. The van der Waals surface area contributed by atoms with Crippen molar-refractivity contribution in [3.63, 3.8) is 0 Å². The van der Waals surface area contributed by atoms with Gasteiger partial charge in [-0.1, -0.05) is 42.8 Å². The molecule has 0 saturated carbocycles. The summed E-state index contributed by atoms with van der Waals surface area (Å²) >= 11 is 3.40. The topological polar surface area (TPSA) is 92.0 Å². The Bertz CT molecular complexity index is 1240. The van der Waals surface area contributed by atoms with Gasteiger partial charge in [-0.25, -0.2) is 9.78 Å². The first-order valence-electron chi connectivity index (χ1n) is 9.79. The molecule has 0 atom stereocenters. The number of para-hydroxylation sites is 1. The predicted octanol–water partition coefficient (Wildman–Crippen LogP) is 3.90. The van der Waals surface area contributed by atoms with E-state index in [2.05, 4.69) is 25.8 Å². The van der Waals surface area contributed by atoms with Crippen LogP contribution in [0, 0.1) is 0 Å². The van der Waals surface area contributed by atoms with E-state index in [1.165, 1.54) is 25.1 Å². The SMILES string of the molecule is COC(=O)COc1c(C=Nn2c(C(C)(C)C)nc3ccc(Br)cc3c2=O)cccc1OC. The van der Waals surface area contributed by atoms with Gasteiger partial charge in [0.1, 0.15) is 5.82 Å². The van der Waals surface area contributed by atoms with E-state index in [9.17, 15) is 9.59 Å². The first kappa shape index (κ1) is 23.5. The Morgan fingerprint density at radius 3 is 2.62 bits per heavy atom. The summed E-state index contributed by atoms with van der Waals surface area (Å²) in [7, 11) is 2.77. The molecule has 0 unspecified atom stereocenters. The summed E-state index contributed by atoms with van der Waals surface area (Å²) in [6.45, 7) is 5.59. The van der Waals surface area contributed by atoms with Gasteiger partial charge in [-0.2, -0.15) is 9.78 Å². The second-order valence-corrected chi connectivity index (χ2v) is 8.87. The average molecular weight is 502 g/mol. The highest BCUT2D eigenvalue weighted by Crippen LogP contribution is 2.30. The van der Waals surface area contributed by atoms with Crippen LogP contribution in [0.1, 0.15) is 32.2 Å². The van der Waals surface area contributed by atoms with Crippen molar-refractivity contribution in [1.82, 2.24) is 9.66 Å². The maximum absolute atomic E-state index is 13.3. The molecule has 0 aliphatic rings. The summed E-state index contributed by atoms with van der Waals surface area (Å²) in [4.78, 5) is 29.5. The molecule has 1 aromatic heterocycles. The number of benzene rings is 2. The van der Waals surface area contributed by atoms with Crippen LogP contribution >= 0.6 is 15.9 Å². The molecule has 0 radical (unpaired) electrons. The van der Waals surface area contributed by atoms with E-state index in [0.717, 1.165) is 4.47 Å². The van der Waals surface area contributed by atoms with Crippen molar-refractivity contribution in [2.45, 2.75) is 26.2 Å². The van der Waals surface area contributed by atoms with Gasteiger partial charge in [0.15, 0.2) is 18.1 Å². The lowest BCUT2D eigenvalue weighted by atomic mass is 9.95. The van der Waals surface area contributed by atoms with Crippen molar-refractivity contribution in [2.24, 2.45) is 5.10 Å².